The van der Waals surface area contributed by atoms with Gasteiger partial charge in [-0.05, 0) is 31.3 Å². The van der Waals surface area contributed by atoms with Gasteiger partial charge in [-0.2, -0.15) is 0 Å². The molecule has 0 aromatic heterocycles. The van der Waals surface area contributed by atoms with Crippen molar-refractivity contribution in [1.29, 1.82) is 0 Å². The first kappa shape index (κ1) is 18.6. The molecule has 1 aliphatic carbocycles. The Labute approximate surface area is 144 Å². The Balaban J connectivity index is 1.81. The number of ketones is 2. The number of benzene rings is 1. The Hall–Kier alpha value is -1.74. The van der Waals surface area contributed by atoms with Crippen molar-refractivity contribution in [2.24, 2.45) is 11.8 Å². The van der Waals surface area contributed by atoms with E-state index < -0.39 is 0 Å². The number of aliphatic hydroxyl groups is 1. The van der Waals surface area contributed by atoms with Gasteiger partial charge >= 0.3 is 0 Å². The SMILES string of the molecule is O=C(C=CC1CCC(=O)C1CCCCCCCO)c1ccccc1. The van der Waals surface area contributed by atoms with Gasteiger partial charge in [0.1, 0.15) is 5.78 Å². The molecule has 0 aliphatic heterocycles. The summed E-state index contributed by atoms with van der Waals surface area (Å²) in [5, 5.41) is 8.77. The van der Waals surface area contributed by atoms with Crippen LogP contribution in [0.3, 0.4) is 0 Å². The first-order chi connectivity index (χ1) is 11.7. The van der Waals surface area contributed by atoms with Crippen molar-refractivity contribution in [1.82, 2.24) is 0 Å². The predicted molar refractivity (Wildman–Crippen MR) is 95.9 cm³/mol. The lowest BCUT2D eigenvalue weighted by Gasteiger charge is -2.14. The molecular formula is C21H28O3. The van der Waals surface area contributed by atoms with E-state index >= 15 is 0 Å². The molecule has 1 aromatic carbocycles. The van der Waals surface area contributed by atoms with Gasteiger partial charge in [-0.1, -0.05) is 62.1 Å². The second-order valence-electron chi connectivity index (χ2n) is 6.64. The molecule has 1 N–H and O–H groups in total. The fourth-order valence-corrected chi connectivity index (χ4v) is 3.46. The highest BCUT2D eigenvalue weighted by Gasteiger charge is 2.32. The molecule has 24 heavy (non-hydrogen) atoms. The molecule has 1 aliphatic rings. The minimum absolute atomic E-state index is 0.0118. The number of hydrogen-bond donors (Lipinski definition) is 1. The number of Topliss-reactive ketones (excluding diaryl/α,β-unsaturated/α-hetero) is 1. The summed E-state index contributed by atoms with van der Waals surface area (Å²) in [6.45, 7) is 0.267. The van der Waals surface area contributed by atoms with Crippen LogP contribution in [0.15, 0.2) is 42.5 Å². The van der Waals surface area contributed by atoms with Gasteiger partial charge in [0.15, 0.2) is 5.78 Å². The van der Waals surface area contributed by atoms with E-state index in [9.17, 15) is 9.59 Å². The van der Waals surface area contributed by atoms with E-state index in [4.69, 9.17) is 5.11 Å². The molecule has 1 fully saturated rings. The zero-order valence-electron chi connectivity index (χ0n) is 14.3. The Kier molecular flexibility index (Phi) is 7.90. The molecule has 3 nitrogen and oxygen atoms in total. The Morgan fingerprint density at radius 2 is 1.79 bits per heavy atom. The van der Waals surface area contributed by atoms with E-state index in [-0.39, 0.29) is 24.2 Å². The van der Waals surface area contributed by atoms with E-state index in [0.717, 1.165) is 44.9 Å². The van der Waals surface area contributed by atoms with E-state index in [1.165, 1.54) is 0 Å². The molecule has 1 saturated carbocycles. The molecular weight excluding hydrogens is 300 g/mol. The van der Waals surface area contributed by atoms with Crippen molar-refractivity contribution in [3.8, 4) is 0 Å². The second-order valence-corrected chi connectivity index (χ2v) is 6.64. The zero-order chi connectivity index (χ0) is 17.2. The summed E-state index contributed by atoms with van der Waals surface area (Å²) >= 11 is 0. The van der Waals surface area contributed by atoms with Crippen LogP contribution in [0.2, 0.25) is 0 Å². The Bertz CT molecular complexity index is 547. The van der Waals surface area contributed by atoms with Crippen LogP contribution in [-0.2, 0) is 4.79 Å². The van der Waals surface area contributed by atoms with Crippen molar-refractivity contribution in [2.45, 2.75) is 51.4 Å². The first-order valence-electron chi connectivity index (χ1n) is 9.13. The molecule has 0 saturated heterocycles. The summed E-state index contributed by atoms with van der Waals surface area (Å²) in [7, 11) is 0. The number of aliphatic hydroxyl groups excluding tert-OH is 1. The average Bonchev–Trinajstić information content (AvgIpc) is 2.96. The topological polar surface area (TPSA) is 54.4 Å². The standard InChI is InChI=1S/C21H28O3/c22-16-8-3-1-2-7-11-19-17(13-15-21(19)24)12-14-20(23)18-9-5-4-6-10-18/h4-6,9-10,12,14,17,19,22H,1-3,7-8,11,13,15-16H2. The molecule has 2 rings (SSSR count). The number of allylic oxidation sites excluding steroid dienone is 2. The van der Waals surface area contributed by atoms with E-state index in [0.29, 0.717) is 17.8 Å². The third-order valence-corrected chi connectivity index (χ3v) is 4.88. The lowest BCUT2D eigenvalue weighted by atomic mass is 9.89. The maximum absolute atomic E-state index is 12.2. The minimum Gasteiger partial charge on any atom is -0.396 e. The number of rotatable bonds is 10. The summed E-state index contributed by atoms with van der Waals surface area (Å²) in [5.74, 6) is 0.662. The van der Waals surface area contributed by atoms with E-state index in [1.807, 2.05) is 36.4 Å². The van der Waals surface area contributed by atoms with Crippen molar-refractivity contribution in [3.05, 3.63) is 48.0 Å². The predicted octanol–water partition coefficient (Wildman–Crippen LogP) is 4.35. The van der Waals surface area contributed by atoms with Gasteiger partial charge in [-0.15, -0.1) is 0 Å². The molecule has 2 atom stereocenters. The van der Waals surface area contributed by atoms with Gasteiger partial charge in [-0.3, -0.25) is 9.59 Å². The average molecular weight is 328 g/mol. The zero-order valence-corrected chi connectivity index (χ0v) is 14.3. The molecule has 3 heteroatoms. The van der Waals surface area contributed by atoms with Gasteiger partial charge in [0.2, 0.25) is 0 Å². The number of carbonyl (C=O) groups excluding carboxylic acids is 2. The maximum atomic E-state index is 12.2. The smallest absolute Gasteiger partial charge is 0.185 e. The fourth-order valence-electron chi connectivity index (χ4n) is 3.46. The van der Waals surface area contributed by atoms with Crippen molar-refractivity contribution in [2.75, 3.05) is 6.61 Å². The summed E-state index contributed by atoms with van der Waals surface area (Å²) in [4.78, 5) is 24.3. The van der Waals surface area contributed by atoms with Crippen LogP contribution in [0, 0.1) is 11.8 Å². The van der Waals surface area contributed by atoms with Crippen LogP contribution in [0.4, 0.5) is 0 Å². The third kappa shape index (κ3) is 5.72. The highest BCUT2D eigenvalue weighted by Crippen LogP contribution is 2.33. The quantitative estimate of drug-likeness (QED) is 0.394. The molecule has 0 amide bonds. The number of unbranched alkanes of at least 4 members (excludes halogenated alkanes) is 4. The summed E-state index contributed by atoms with van der Waals surface area (Å²) in [5.41, 5.74) is 0.693. The summed E-state index contributed by atoms with van der Waals surface area (Å²) in [6, 6.07) is 9.25. The van der Waals surface area contributed by atoms with Gasteiger partial charge in [0.25, 0.3) is 0 Å². The van der Waals surface area contributed by atoms with Gasteiger partial charge < -0.3 is 5.11 Å². The van der Waals surface area contributed by atoms with Crippen LogP contribution in [-0.4, -0.2) is 23.3 Å². The third-order valence-electron chi connectivity index (χ3n) is 4.88. The fraction of sp³-hybridized carbons (Fsp3) is 0.524. The Morgan fingerprint density at radius 1 is 1.08 bits per heavy atom. The van der Waals surface area contributed by atoms with Crippen LogP contribution >= 0.6 is 0 Å². The molecule has 0 bridgehead atoms. The molecule has 0 spiro atoms. The molecule has 0 heterocycles. The van der Waals surface area contributed by atoms with E-state index in [2.05, 4.69) is 0 Å². The largest absolute Gasteiger partial charge is 0.396 e. The minimum atomic E-state index is 0.0118. The highest BCUT2D eigenvalue weighted by atomic mass is 16.2. The highest BCUT2D eigenvalue weighted by molar-refractivity contribution is 6.04. The first-order valence-corrected chi connectivity index (χ1v) is 9.13. The normalized spacial score (nSPS) is 20.8. The summed E-state index contributed by atoms with van der Waals surface area (Å²) < 4.78 is 0. The van der Waals surface area contributed by atoms with Crippen LogP contribution < -0.4 is 0 Å². The van der Waals surface area contributed by atoms with Crippen LogP contribution in [0.1, 0.15) is 61.7 Å². The van der Waals surface area contributed by atoms with Crippen molar-refractivity contribution >= 4 is 11.6 Å². The summed E-state index contributed by atoms with van der Waals surface area (Å²) in [6.07, 6.45) is 11.3. The lowest BCUT2D eigenvalue weighted by Crippen LogP contribution is -2.13. The monoisotopic (exact) mass is 328 g/mol. The molecule has 1 aromatic rings. The number of carbonyl (C=O) groups is 2. The van der Waals surface area contributed by atoms with E-state index in [1.54, 1.807) is 6.08 Å². The number of hydrogen-bond acceptors (Lipinski definition) is 3. The second kappa shape index (κ2) is 10.2. The van der Waals surface area contributed by atoms with Crippen LogP contribution in [0.25, 0.3) is 0 Å². The van der Waals surface area contributed by atoms with Crippen LogP contribution in [0.5, 0.6) is 0 Å². The lowest BCUT2D eigenvalue weighted by molar-refractivity contribution is -0.121. The Morgan fingerprint density at radius 3 is 2.54 bits per heavy atom. The van der Waals surface area contributed by atoms with Crippen molar-refractivity contribution in [3.63, 3.8) is 0 Å². The molecule has 2 unspecified atom stereocenters. The van der Waals surface area contributed by atoms with Crippen molar-refractivity contribution < 1.29 is 14.7 Å². The van der Waals surface area contributed by atoms with Gasteiger partial charge in [0, 0.05) is 24.5 Å². The van der Waals surface area contributed by atoms with Gasteiger partial charge in [-0.25, -0.2) is 0 Å². The van der Waals surface area contributed by atoms with Gasteiger partial charge in [0.05, 0.1) is 0 Å². The molecule has 0 radical (unpaired) electrons. The maximum Gasteiger partial charge on any atom is 0.185 e. The molecule has 130 valence electrons.